The van der Waals surface area contributed by atoms with Gasteiger partial charge in [0.2, 0.25) is 0 Å². The van der Waals surface area contributed by atoms with E-state index in [1.165, 1.54) is 35.2 Å². The SMILES string of the molecule is CC(C)(C=C(C#N)C(=O)N1CCC[C@]1(C)COC(=O)NC(Cc1ccc(F)cc1)B(O)O)N1C[C@@H](F)[C@@H](F)C1. The fourth-order valence-electron chi connectivity index (χ4n) is 4.97. The van der Waals surface area contributed by atoms with Crippen molar-refractivity contribution in [1.29, 1.82) is 5.26 Å². The van der Waals surface area contributed by atoms with Gasteiger partial charge < -0.3 is 25.0 Å². The molecule has 0 spiro atoms. The van der Waals surface area contributed by atoms with Crippen LogP contribution < -0.4 is 5.32 Å². The molecule has 2 heterocycles. The van der Waals surface area contributed by atoms with Gasteiger partial charge in [-0.15, -0.1) is 0 Å². The Balaban J connectivity index is 1.64. The number of alkyl carbamates (subject to hydrolysis) is 1. The van der Waals surface area contributed by atoms with Gasteiger partial charge in [-0.2, -0.15) is 5.26 Å². The van der Waals surface area contributed by atoms with E-state index in [1.54, 1.807) is 25.7 Å². The molecule has 13 heteroatoms. The number of hydrogen-bond acceptors (Lipinski definition) is 7. The summed E-state index contributed by atoms with van der Waals surface area (Å²) in [4.78, 5) is 28.9. The number of alkyl halides is 2. The summed E-state index contributed by atoms with van der Waals surface area (Å²) in [5.41, 5.74) is -1.52. The van der Waals surface area contributed by atoms with Gasteiger partial charge in [0.1, 0.15) is 36.4 Å². The third kappa shape index (κ3) is 7.53. The number of carbonyl (C=O) groups is 2. The second kappa shape index (κ2) is 12.4. The van der Waals surface area contributed by atoms with Crippen molar-refractivity contribution in [3.05, 3.63) is 47.3 Å². The van der Waals surface area contributed by atoms with Crippen molar-refractivity contribution < 1.29 is 37.5 Å². The lowest BCUT2D eigenvalue weighted by molar-refractivity contribution is -0.131. The van der Waals surface area contributed by atoms with Crippen molar-refractivity contribution in [2.75, 3.05) is 26.2 Å². The fourth-order valence-corrected chi connectivity index (χ4v) is 4.97. The van der Waals surface area contributed by atoms with Gasteiger partial charge in [0, 0.05) is 25.2 Å². The van der Waals surface area contributed by atoms with Crippen molar-refractivity contribution in [3.8, 4) is 6.07 Å². The van der Waals surface area contributed by atoms with Crippen LogP contribution >= 0.6 is 0 Å². The van der Waals surface area contributed by atoms with Gasteiger partial charge in [0.05, 0.1) is 11.5 Å². The van der Waals surface area contributed by atoms with E-state index in [9.17, 15) is 38.1 Å². The summed E-state index contributed by atoms with van der Waals surface area (Å²) in [6, 6.07) is 7.25. The number of ether oxygens (including phenoxy) is 1. The van der Waals surface area contributed by atoms with Gasteiger partial charge >= 0.3 is 13.2 Å². The Morgan fingerprint density at radius 3 is 2.46 bits per heavy atom. The highest BCUT2D eigenvalue weighted by atomic mass is 19.2. The summed E-state index contributed by atoms with van der Waals surface area (Å²) in [5, 5.41) is 31.5. The van der Waals surface area contributed by atoms with Gasteiger partial charge in [0.15, 0.2) is 0 Å². The van der Waals surface area contributed by atoms with Gasteiger partial charge in [-0.3, -0.25) is 9.69 Å². The minimum Gasteiger partial charge on any atom is -0.447 e. The first kappa shape index (κ1) is 30.5. The standard InChI is InChI=1S/C26H34BF3N4O5/c1-25(2,33-14-20(29)21(30)15-33)12-18(13-31)23(35)34-10-4-9-26(34,3)16-39-24(36)32-22(27(37)38)11-17-5-7-19(28)8-6-17/h5-8,12,20-22,37-38H,4,9-11,14-16H2,1-3H3,(H,32,36)/t20-,21+,22?,26-/m1/s1. The predicted octanol–water partition coefficient (Wildman–Crippen LogP) is 2.08. The van der Waals surface area contributed by atoms with Crippen LogP contribution in [0.15, 0.2) is 35.9 Å². The molecule has 2 fully saturated rings. The number of halogens is 3. The third-order valence-corrected chi connectivity index (χ3v) is 7.39. The number of nitriles is 1. The molecule has 4 atom stereocenters. The molecule has 0 saturated carbocycles. The molecule has 212 valence electrons. The highest BCUT2D eigenvalue weighted by molar-refractivity contribution is 6.43. The van der Waals surface area contributed by atoms with Crippen molar-refractivity contribution in [2.24, 2.45) is 0 Å². The van der Waals surface area contributed by atoms with Crippen LogP contribution in [0.4, 0.5) is 18.0 Å². The molecule has 3 rings (SSSR count). The number of nitrogens with zero attached hydrogens (tertiary/aromatic N) is 3. The number of amides is 2. The van der Waals surface area contributed by atoms with Gasteiger partial charge in [-0.25, -0.2) is 18.0 Å². The lowest BCUT2D eigenvalue weighted by Crippen LogP contribution is -2.52. The maximum atomic E-state index is 13.8. The second-order valence-corrected chi connectivity index (χ2v) is 10.9. The fraction of sp³-hybridized carbons (Fsp3) is 0.577. The van der Waals surface area contributed by atoms with Crippen LogP contribution in [0.1, 0.15) is 39.2 Å². The second-order valence-electron chi connectivity index (χ2n) is 10.9. The summed E-state index contributed by atoms with van der Waals surface area (Å²) in [6.07, 6.45) is -1.72. The molecule has 0 radical (unpaired) electrons. The Morgan fingerprint density at radius 1 is 1.28 bits per heavy atom. The molecule has 1 aromatic rings. The molecular weight excluding hydrogens is 516 g/mol. The Hall–Kier alpha value is -3.08. The van der Waals surface area contributed by atoms with Crippen LogP contribution in [0, 0.1) is 17.1 Å². The van der Waals surface area contributed by atoms with E-state index >= 15 is 0 Å². The molecule has 2 aliphatic rings. The van der Waals surface area contributed by atoms with Crippen molar-refractivity contribution in [3.63, 3.8) is 0 Å². The van der Waals surface area contributed by atoms with E-state index in [2.05, 4.69) is 5.32 Å². The molecular formula is C26H34BF3N4O5. The minimum atomic E-state index is -1.91. The number of carbonyl (C=O) groups excluding carboxylic acids is 2. The number of benzene rings is 1. The van der Waals surface area contributed by atoms with E-state index in [-0.39, 0.29) is 31.7 Å². The van der Waals surface area contributed by atoms with Gasteiger partial charge in [0.25, 0.3) is 5.91 Å². The van der Waals surface area contributed by atoms with Crippen LogP contribution in [0.3, 0.4) is 0 Å². The van der Waals surface area contributed by atoms with Crippen molar-refractivity contribution in [2.45, 2.75) is 69.4 Å². The van der Waals surface area contributed by atoms with Crippen molar-refractivity contribution in [1.82, 2.24) is 15.1 Å². The van der Waals surface area contributed by atoms with Crippen LogP contribution in [-0.4, -0.2) is 94.6 Å². The first-order valence-corrected chi connectivity index (χ1v) is 12.8. The molecule has 1 aromatic carbocycles. The average Bonchev–Trinajstić information content (AvgIpc) is 3.44. The van der Waals surface area contributed by atoms with E-state index in [1.807, 2.05) is 6.07 Å². The highest BCUT2D eigenvalue weighted by Crippen LogP contribution is 2.32. The Kier molecular flexibility index (Phi) is 9.69. The molecule has 2 saturated heterocycles. The van der Waals surface area contributed by atoms with E-state index < -0.39 is 54.3 Å². The van der Waals surface area contributed by atoms with Crippen LogP contribution in [0.25, 0.3) is 0 Å². The summed E-state index contributed by atoms with van der Waals surface area (Å²) in [6.45, 7) is 4.86. The molecule has 2 amide bonds. The zero-order valence-electron chi connectivity index (χ0n) is 22.2. The van der Waals surface area contributed by atoms with Gasteiger partial charge in [-0.05, 0) is 63.8 Å². The lowest BCUT2D eigenvalue weighted by atomic mass is 9.76. The Morgan fingerprint density at radius 2 is 1.90 bits per heavy atom. The quantitative estimate of drug-likeness (QED) is 0.244. The third-order valence-electron chi connectivity index (χ3n) is 7.39. The molecule has 0 bridgehead atoms. The zero-order valence-corrected chi connectivity index (χ0v) is 22.2. The predicted molar refractivity (Wildman–Crippen MR) is 137 cm³/mol. The van der Waals surface area contributed by atoms with E-state index in [4.69, 9.17) is 4.74 Å². The van der Waals surface area contributed by atoms with E-state index in [0.717, 1.165) is 0 Å². The molecule has 2 aliphatic heterocycles. The maximum absolute atomic E-state index is 13.8. The molecule has 39 heavy (non-hydrogen) atoms. The normalized spacial score (nSPS) is 24.8. The topological polar surface area (TPSA) is 126 Å². The molecule has 9 nitrogen and oxygen atoms in total. The van der Waals surface area contributed by atoms with Gasteiger partial charge in [-0.1, -0.05) is 12.1 Å². The summed E-state index contributed by atoms with van der Waals surface area (Å²) < 4.78 is 46.0. The van der Waals surface area contributed by atoms with E-state index in [0.29, 0.717) is 24.9 Å². The summed E-state index contributed by atoms with van der Waals surface area (Å²) in [7, 11) is -1.91. The first-order chi connectivity index (χ1) is 18.3. The van der Waals surface area contributed by atoms with Crippen LogP contribution in [0.5, 0.6) is 0 Å². The average molecular weight is 550 g/mol. The zero-order chi connectivity index (χ0) is 29.0. The Bertz CT molecular complexity index is 1100. The molecule has 0 aliphatic carbocycles. The smallest absolute Gasteiger partial charge is 0.447 e. The number of likely N-dealkylation sites (tertiary alicyclic amines) is 2. The Labute approximate surface area is 226 Å². The number of nitrogens with one attached hydrogen (secondary N) is 1. The summed E-state index contributed by atoms with van der Waals surface area (Å²) >= 11 is 0. The first-order valence-electron chi connectivity index (χ1n) is 12.8. The minimum absolute atomic E-state index is 0.00432. The number of hydrogen-bond donors (Lipinski definition) is 3. The monoisotopic (exact) mass is 550 g/mol. The number of rotatable bonds is 9. The highest BCUT2D eigenvalue weighted by Gasteiger charge is 2.44. The lowest BCUT2D eigenvalue weighted by Gasteiger charge is -2.36. The molecule has 1 unspecified atom stereocenters. The largest absolute Gasteiger partial charge is 0.475 e. The molecule has 0 aromatic heterocycles. The summed E-state index contributed by atoms with van der Waals surface area (Å²) in [5.74, 6) is -2.17. The van der Waals surface area contributed by atoms with Crippen LogP contribution in [0.2, 0.25) is 0 Å². The van der Waals surface area contributed by atoms with Crippen molar-refractivity contribution >= 4 is 19.1 Å². The maximum Gasteiger partial charge on any atom is 0.475 e. The van der Waals surface area contributed by atoms with Crippen LogP contribution in [-0.2, 0) is 16.0 Å². The molecule has 3 N–H and O–H groups in total.